The van der Waals surface area contributed by atoms with Gasteiger partial charge in [0, 0.05) is 24.3 Å². The molecule has 4 atom stereocenters. The molecule has 228 valence electrons. The number of ether oxygens (including phenoxy) is 1. The van der Waals surface area contributed by atoms with Crippen molar-refractivity contribution in [3.8, 4) is 5.75 Å². The molecular weight excluding hydrogens is 554 g/mol. The summed E-state index contributed by atoms with van der Waals surface area (Å²) < 4.78 is 6.40. The summed E-state index contributed by atoms with van der Waals surface area (Å²) in [7, 11) is 0. The summed E-state index contributed by atoms with van der Waals surface area (Å²) in [6, 6.07) is 21.9. The molecule has 2 aliphatic heterocycles. The van der Waals surface area contributed by atoms with Crippen LogP contribution in [0, 0.1) is 17.8 Å². The summed E-state index contributed by atoms with van der Waals surface area (Å²) in [5, 5.41) is 21.1. The molecule has 2 fully saturated rings. The standard InChI is InChI=1S/C37H39NO6/c1-23-20-29-35(37(43)38(36(29)42)19-9-3-6-14-33(40)41)30-22-44-32(34(23)30)18-16-25(24-10-4-2-5-11-24)21-26-15-17-31(39)28-13-8-7-12-27(26)28/h2,4-5,7-8,10-13,15,17,21,29-30,32,35,39H,3,6,9,14,16,18-20,22H2,1H3,(H,40,41)/b25-21-/t29-,30+,32-,35-/m1/s1. The number of allylic oxidation sites excluding steroid dienone is 2. The van der Waals surface area contributed by atoms with E-state index in [-0.39, 0.29) is 47.8 Å². The topological polar surface area (TPSA) is 104 Å². The number of phenols is 1. The molecule has 0 radical (unpaired) electrons. The van der Waals surface area contributed by atoms with Crippen LogP contribution in [0.3, 0.4) is 0 Å². The van der Waals surface area contributed by atoms with Crippen molar-refractivity contribution < 1.29 is 29.3 Å². The molecule has 3 aromatic carbocycles. The Morgan fingerprint density at radius 3 is 2.43 bits per heavy atom. The third-order valence-corrected chi connectivity index (χ3v) is 9.60. The van der Waals surface area contributed by atoms with E-state index >= 15 is 0 Å². The highest BCUT2D eigenvalue weighted by Gasteiger charge is 2.56. The van der Waals surface area contributed by atoms with Crippen LogP contribution in [0.25, 0.3) is 22.4 Å². The highest BCUT2D eigenvalue weighted by atomic mass is 16.5. The molecule has 6 rings (SSSR count). The largest absolute Gasteiger partial charge is 0.507 e. The van der Waals surface area contributed by atoms with Gasteiger partial charge in [-0.25, -0.2) is 0 Å². The molecular formula is C37H39NO6. The normalized spacial score (nSPS) is 23.4. The highest BCUT2D eigenvalue weighted by molar-refractivity contribution is 6.06. The summed E-state index contributed by atoms with van der Waals surface area (Å²) in [5.74, 6) is -1.54. The molecule has 1 aliphatic carbocycles. The summed E-state index contributed by atoms with van der Waals surface area (Å²) in [6.45, 7) is 2.88. The van der Waals surface area contributed by atoms with Crippen molar-refractivity contribution in [1.82, 2.24) is 4.90 Å². The van der Waals surface area contributed by atoms with Crippen molar-refractivity contribution in [2.45, 2.75) is 58.0 Å². The lowest BCUT2D eigenvalue weighted by Crippen LogP contribution is -2.34. The van der Waals surface area contributed by atoms with Gasteiger partial charge in [0.05, 0.1) is 24.5 Å². The van der Waals surface area contributed by atoms with Crippen molar-refractivity contribution >= 4 is 40.2 Å². The van der Waals surface area contributed by atoms with Gasteiger partial charge in [-0.3, -0.25) is 19.3 Å². The van der Waals surface area contributed by atoms with Gasteiger partial charge in [-0.15, -0.1) is 0 Å². The van der Waals surface area contributed by atoms with Gasteiger partial charge in [0.15, 0.2) is 0 Å². The first kappa shape index (κ1) is 29.8. The van der Waals surface area contributed by atoms with Crippen LogP contribution in [0.1, 0.15) is 63.0 Å². The molecule has 0 saturated carbocycles. The fraction of sp³-hybridized carbons (Fsp3) is 0.378. The molecule has 7 heteroatoms. The van der Waals surface area contributed by atoms with Crippen LogP contribution < -0.4 is 0 Å². The molecule has 7 nitrogen and oxygen atoms in total. The number of carboxylic acid groups (broad SMARTS) is 1. The lowest BCUT2D eigenvalue weighted by atomic mass is 9.70. The van der Waals surface area contributed by atoms with E-state index in [4.69, 9.17) is 9.84 Å². The maximum atomic E-state index is 13.6. The maximum absolute atomic E-state index is 13.6. The predicted molar refractivity (Wildman–Crippen MR) is 170 cm³/mol. The number of imide groups is 1. The van der Waals surface area contributed by atoms with E-state index in [1.165, 1.54) is 16.0 Å². The van der Waals surface area contributed by atoms with Gasteiger partial charge in [0.1, 0.15) is 5.75 Å². The SMILES string of the molecule is CC1=C2[C@@H](CC/C(=C/c3ccc(O)c4ccccc34)c3ccccc3)OC[C@@H]2[C@@H]2C(=O)N(CCCCCC(=O)O)C(=O)[C@@H]2C1. The van der Waals surface area contributed by atoms with E-state index in [0.29, 0.717) is 38.8 Å². The number of hydrogen-bond acceptors (Lipinski definition) is 5. The molecule has 0 unspecified atom stereocenters. The number of fused-ring (bicyclic) bond motifs is 4. The van der Waals surface area contributed by atoms with Gasteiger partial charge in [-0.1, -0.05) is 78.7 Å². The fourth-order valence-electron chi connectivity index (χ4n) is 7.50. The number of carbonyl (C=O) groups excluding carboxylic acids is 2. The minimum Gasteiger partial charge on any atom is -0.507 e. The van der Waals surface area contributed by atoms with Crippen LogP contribution in [-0.4, -0.2) is 52.2 Å². The number of rotatable bonds is 11. The van der Waals surface area contributed by atoms with E-state index in [1.54, 1.807) is 6.07 Å². The monoisotopic (exact) mass is 593 g/mol. The van der Waals surface area contributed by atoms with Crippen molar-refractivity contribution in [3.05, 3.63) is 89.0 Å². The average Bonchev–Trinajstić information content (AvgIpc) is 3.55. The van der Waals surface area contributed by atoms with Crippen molar-refractivity contribution in [2.75, 3.05) is 13.2 Å². The number of hydrogen-bond donors (Lipinski definition) is 2. The van der Waals surface area contributed by atoms with Crippen molar-refractivity contribution in [1.29, 1.82) is 0 Å². The molecule has 44 heavy (non-hydrogen) atoms. The molecule has 3 aromatic rings. The van der Waals surface area contributed by atoms with Crippen molar-refractivity contribution in [2.24, 2.45) is 17.8 Å². The van der Waals surface area contributed by atoms with Crippen LogP contribution >= 0.6 is 0 Å². The number of phenolic OH excluding ortho intramolecular Hbond substituents is 1. The quantitative estimate of drug-likeness (QED) is 0.109. The molecule has 2 heterocycles. The number of carboxylic acids is 1. The van der Waals surface area contributed by atoms with E-state index in [1.807, 2.05) is 48.5 Å². The van der Waals surface area contributed by atoms with Gasteiger partial charge in [0.25, 0.3) is 0 Å². The van der Waals surface area contributed by atoms with Crippen LogP contribution in [0.15, 0.2) is 77.9 Å². The Labute approximate surface area is 257 Å². The molecule has 0 aromatic heterocycles. The number of likely N-dealkylation sites (tertiary alicyclic amines) is 1. The number of amides is 2. The second-order valence-electron chi connectivity index (χ2n) is 12.3. The molecule has 2 amide bonds. The first-order valence-electron chi connectivity index (χ1n) is 15.7. The zero-order chi connectivity index (χ0) is 30.8. The third kappa shape index (κ3) is 5.81. The minimum atomic E-state index is -0.825. The predicted octanol–water partition coefficient (Wildman–Crippen LogP) is 6.85. The number of benzene rings is 3. The number of aromatic hydroxyl groups is 1. The second-order valence-corrected chi connectivity index (χ2v) is 12.3. The van der Waals surface area contributed by atoms with E-state index in [0.717, 1.165) is 40.3 Å². The lowest BCUT2D eigenvalue weighted by Gasteiger charge is -2.30. The van der Waals surface area contributed by atoms with Gasteiger partial charge in [0.2, 0.25) is 11.8 Å². The first-order chi connectivity index (χ1) is 21.3. The second kappa shape index (κ2) is 12.8. The minimum absolute atomic E-state index is 0.0857. The van der Waals surface area contributed by atoms with Gasteiger partial charge >= 0.3 is 5.97 Å². The molecule has 2 saturated heterocycles. The summed E-state index contributed by atoms with van der Waals surface area (Å²) >= 11 is 0. The summed E-state index contributed by atoms with van der Waals surface area (Å²) in [5.41, 5.74) is 5.69. The van der Waals surface area contributed by atoms with Gasteiger partial charge in [-0.05, 0) is 72.8 Å². The Kier molecular flexibility index (Phi) is 8.67. The number of nitrogens with zero attached hydrogens (tertiary/aromatic N) is 1. The van der Waals surface area contributed by atoms with E-state index in [9.17, 15) is 19.5 Å². The molecule has 2 N–H and O–H groups in total. The number of aliphatic carboxylic acids is 1. The van der Waals surface area contributed by atoms with Crippen LogP contribution in [0.4, 0.5) is 0 Å². The van der Waals surface area contributed by atoms with E-state index in [2.05, 4.69) is 25.1 Å². The average molecular weight is 594 g/mol. The Hall–Kier alpha value is -4.23. The number of unbranched alkanes of at least 4 members (excludes halogenated alkanes) is 2. The Balaban J connectivity index is 1.20. The zero-order valence-electron chi connectivity index (χ0n) is 25.1. The zero-order valence-corrected chi connectivity index (χ0v) is 25.1. The number of carbonyl (C=O) groups is 3. The lowest BCUT2D eigenvalue weighted by molar-refractivity contribution is -0.141. The van der Waals surface area contributed by atoms with Crippen molar-refractivity contribution in [3.63, 3.8) is 0 Å². The van der Waals surface area contributed by atoms with Crippen LogP contribution in [0.5, 0.6) is 5.75 Å². The van der Waals surface area contributed by atoms with Crippen LogP contribution in [0.2, 0.25) is 0 Å². The van der Waals surface area contributed by atoms with Crippen LogP contribution in [-0.2, 0) is 19.1 Å². The van der Waals surface area contributed by atoms with E-state index < -0.39 is 5.97 Å². The fourth-order valence-corrected chi connectivity index (χ4v) is 7.50. The maximum Gasteiger partial charge on any atom is 0.303 e. The Morgan fingerprint density at radius 1 is 0.909 bits per heavy atom. The smallest absolute Gasteiger partial charge is 0.303 e. The van der Waals surface area contributed by atoms with Gasteiger partial charge < -0.3 is 14.9 Å². The molecule has 3 aliphatic rings. The summed E-state index contributed by atoms with van der Waals surface area (Å²) in [6.07, 6.45) is 6.13. The third-order valence-electron chi connectivity index (χ3n) is 9.60. The highest BCUT2D eigenvalue weighted by Crippen LogP contribution is 2.50. The Bertz CT molecular complexity index is 1640. The Morgan fingerprint density at radius 2 is 1.66 bits per heavy atom. The summed E-state index contributed by atoms with van der Waals surface area (Å²) in [4.78, 5) is 39.1. The molecule has 0 bridgehead atoms. The first-order valence-corrected chi connectivity index (χ1v) is 15.7. The molecule has 0 spiro atoms. The van der Waals surface area contributed by atoms with Gasteiger partial charge in [-0.2, -0.15) is 0 Å².